The zero-order valence-electron chi connectivity index (χ0n) is 13.9. The standard InChI is InChI=1S/C18H19Cl2N3O3/c19-12-5-6-14(20)17(9-12)26-11-13(25)10-23-16-4-2-1-3-15(16)22-18(23)21-7-8-24/h1-6,9,13,24-25H,7-8,10-11H2,(H,21,22). The molecule has 0 amide bonds. The number of anilines is 1. The summed E-state index contributed by atoms with van der Waals surface area (Å²) in [5.74, 6) is 1.01. The first kappa shape index (κ1) is 18.8. The lowest BCUT2D eigenvalue weighted by Crippen LogP contribution is -2.25. The second kappa shape index (κ2) is 8.60. The van der Waals surface area contributed by atoms with Crippen molar-refractivity contribution in [3.63, 3.8) is 0 Å². The number of nitrogens with zero attached hydrogens (tertiary/aromatic N) is 2. The van der Waals surface area contributed by atoms with Crippen LogP contribution in [0.1, 0.15) is 0 Å². The lowest BCUT2D eigenvalue weighted by molar-refractivity contribution is 0.0939. The number of ether oxygens (including phenoxy) is 1. The number of rotatable bonds is 8. The summed E-state index contributed by atoms with van der Waals surface area (Å²) in [6, 6.07) is 12.5. The second-order valence-electron chi connectivity index (χ2n) is 5.72. The van der Waals surface area contributed by atoms with Crippen LogP contribution >= 0.6 is 23.2 Å². The first-order valence-electron chi connectivity index (χ1n) is 8.14. The van der Waals surface area contributed by atoms with E-state index in [1.54, 1.807) is 18.2 Å². The molecule has 8 heteroatoms. The van der Waals surface area contributed by atoms with E-state index in [4.69, 9.17) is 33.0 Å². The van der Waals surface area contributed by atoms with E-state index in [-0.39, 0.29) is 19.8 Å². The van der Waals surface area contributed by atoms with Gasteiger partial charge in [0.25, 0.3) is 0 Å². The maximum atomic E-state index is 10.4. The minimum Gasteiger partial charge on any atom is -0.489 e. The average Bonchev–Trinajstić information content (AvgIpc) is 2.98. The highest BCUT2D eigenvalue weighted by Gasteiger charge is 2.15. The van der Waals surface area contributed by atoms with Gasteiger partial charge in [-0.1, -0.05) is 35.3 Å². The van der Waals surface area contributed by atoms with Crippen molar-refractivity contribution in [1.82, 2.24) is 9.55 Å². The SMILES string of the molecule is OCCNc1nc2ccccc2n1CC(O)COc1cc(Cl)ccc1Cl. The number of aliphatic hydroxyl groups is 2. The summed E-state index contributed by atoms with van der Waals surface area (Å²) >= 11 is 12.0. The van der Waals surface area contributed by atoms with Gasteiger partial charge in [0.15, 0.2) is 0 Å². The summed E-state index contributed by atoms with van der Waals surface area (Å²) in [7, 11) is 0. The molecule has 0 saturated heterocycles. The molecule has 0 bridgehead atoms. The van der Waals surface area contributed by atoms with E-state index < -0.39 is 6.10 Å². The molecule has 3 rings (SSSR count). The molecule has 0 saturated carbocycles. The first-order chi connectivity index (χ1) is 12.6. The van der Waals surface area contributed by atoms with E-state index in [0.717, 1.165) is 11.0 Å². The minimum atomic E-state index is -0.794. The van der Waals surface area contributed by atoms with Gasteiger partial charge in [-0.3, -0.25) is 0 Å². The third kappa shape index (κ3) is 4.40. The lowest BCUT2D eigenvalue weighted by Gasteiger charge is -2.16. The Labute approximate surface area is 160 Å². The fraction of sp³-hybridized carbons (Fsp3) is 0.278. The molecule has 0 aliphatic carbocycles. The number of imidazole rings is 1. The highest BCUT2D eigenvalue weighted by atomic mass is 35.5. The van der Waals surface area contributed by atoms with E-state index in [0.29, 0.717) is 28.3 Å². The van der Waals surface area contributed by atoms with E-state index >= 15 is 0 Å². The maximum absolute atomic E-state index is 10.4. The van der Waals surface area contributed by atoms with Gasteiger partial charge in [-0.2, -0.15) is 0 Å². The molecule has 2 aromatic carbocycles. The molecule has 1 atom stereocenters. The molecular weight excluding hydrogens is 377 g/mol. The molecule has 6 nitrogen and oxygen atoms in total. The Morgan fingerprint density at radius 1 is 1.19 bits per heavy atom. The lowest BCUT2D eigenvalue weighted by atomic mass is 10.3. The van der Waals surface area contributed by atoms with Gasteiger partial charge in [0, 0.05) is 17.6 Å². The Bertz CT molecular complexity index is 885. The summed E-state index contributed by atoms with van der Waals surface area (Å²) < 4.78 is 7.46. The number of hydrogen-bond acceptors (Lipinski definition) is 5. The van der Waals surface area contributed by atoms with Crippen molar-refractivity contribution < 1.29 is 14.9 Å². The predicted molar refractivity (Wildman–Crippen MR) is 103 cm³/mol. The summed E-state index contributed by atoms with van der Waals surface area (Å²) in [6.07, 6.45) is -0.794. The van der Waals surface area contributed by atoms with Crippen molar-refractivity contribution in [2.45, 2.75) is 12.6 Å². The van der Waals surface area contributed by atoms with E-state index in [9.17, 15) is 5.11 Å². The minimum absolute atomic E-state index is 0.0118. The Morgan fingerprint density at radius 2 is 2.00 bits per heavy atom. The highest BCUT2D eigenvalue weighted by molar-refractivity contribution is 6.34. The predicted octanol–water partition coefficient (Wildman–Crippen LogP) is 3.19. The van der Waals surface area contributed by atoms with E-state index in [1.165, 1.54) is 0 Å². The van der Waals surface area contributed by atoms with Gasteiger partial charge in [0.2, 0.25) is 5.95 Å². The molecule has 26 heavy (non-hydrogen) atoms. The smallest absolute Gasteiger partial charge is 0.204 e. The van der Waals surface area contributed by atoms with Crippen LogP contribution in [0.15, 0.2) is 42.5 Å². The Balaban J connectivity index is 1.73. The molecule has 3 aromatic rings. The quantitative estimate of drug-likeness (QED) is 0.545. The summed E-state index contributed by atoms with van der Waals surface area (Å²) in [5.41, 5.74) is 1.69. The van der Waals surface area contributed by atoms with E-state index in [1.807, 2.05) is 28.8 Å². The van der Waals surface area contributed by atoms with Gasteiger partial charge < -0.3 is 24.8 Å². The topological polar surface area (TPSA) is 79.5 Å². The van der Waals surface area contributed by atoms with Gasteiger partial charge in [0.05, 0.1) is 29.2 Å². The maximum Gasteiger partial charge on any atom is 0.204 e. The van der Waals surface area contributed by atoms with Gasteiger partial charge in [-0.05, 0) is 24.3 Å². The number of aliphatic hydroxyl groups excluding tert-OH is 2. The van der Waals surface area contributed by atoms with Gasteiger partial charge >= 0.3 is 0 Å². The molecule has 1 aromatic heterocycles. The number of benzene rings is 2. The fourth-order valence-corrected chi connectivity index (χ4v) is 2.93. The molecule has 0 radical (unpaired) electrons. The normalized spacial score (nSPS) is 12.3. The summed E-state index contributed by atoms with van der Waals surface area (Å²) in [4.78, 5) is 4.50. The number of fused-ring (bicyclic) bond motifs is 1. The molecule has 3 N–H and O–H groups in total. The Kier molecular flexibility index (Phi) is 6.21. The van der Waals surface area contributed by atoms with Gasteiger partial charge in [-0.15, -0.1) is 0 Å². The monoisotopic (exact) mass is 395 g/mol. The summed E-state index contributed by atoms with van der Waals surface area (Å²) in [5, 5.41) is 23.5. The van der Waals surface area contributed by atoms with Gasteiger partial charge in [0.1, 0.15) is 18.5 Å². The van der Waals surface area contributed by atoms with Crippen LogP contribution in [-0.4, -0.2) is 45.6 Å². The van der Waals surface area contributed by atoms with Crippen molar-refractivity contribution >= 4 is 40.2 Å². The van der Waals surface area contributed by atoms with Crippen LogP contribution in [0.5, 0.6) is 5.75 Å². The van der Waals surface area contributed by atoms with Crippen LogP contribution in [0.4, 0.5) is 5.95 Å². The number of aromatic nitrogens is 2. The number of hydrogen-bond donors (Lipinski definition) is 3. The number of halogens is 2. The molecule has 0 spiro atoms. The number of nitrogens with one attached hydrogen (secondary N) is 1. The van der Waals surface area contributed by atoms with Crippen molar-refractivity contribution in [3.05, 3.63) is 52.5 Å². The van der Waals surface area contributed by atoms with Crippen molar-refractivity contribution in [2.24, 2.45) is 0 Å². The van der Waals surface area contributed by atoms with Crippen LogP contribution in [0.2, 0.25) is 10.0 Å². The largest absolute Gasteiger partial charge is 0.489 e. The van der Waals surface area contributed by atoms with Gasteiger partial charge in [-0.25, -0.2) is 4.98 Å². The second-order valence-corrected chi connectivity index (χ2v) is 6.57. The third-order valence-electron chi connectivity index (χ3n) is 3.77. The third-order valence-corrected chi connectivity index (χ3v) is 4.31. The van der Waals surface area contributed by atoms with Crippen LogP contribution in [-0.2, 0) is 6.54 Å². The van der Waals surface area contributed by atoms with Crippen molar-refractivity contribution in [2.75, 3.05) is 25.1 Å². The molecular formula is C18H19Cl2N3O3. The highest BCUT2D eigenvalue weighted by Crippen LogP contribution is 2.28. The molecule has 0 aliphatic rings. The Morgan fingerprint density at radius 3 is 2.81 bits per heavy atom. The molecule has 1 unspecified atom stereocenters. The summed E-state index contributed by atoms with van der Waals surface area (Å²) in [6.45, 7) is 0.675. The van der Waals surface area contributed by atoms with Crippen LogP contribution < -0.4 is 10.1 Å². The van der Waals surface area contributed by atoms with Crippen molar-refractivity contribution in [3.8, 4) is 5.75 Å². The molecule has 0 fully saturated rings. The van der Waals surface area contributed by atoms with Crippen LogP contribution in [0.3, 0.4) is 0 Å². The molecule has 0 aliphatic heterocycles. The van der Waals surface area contributed by atoms with Crippen LogP contribution in [0.25, 0.3) is 11.0 Å². The van der Waals surface area contributed by atoms with Crippen molar-refractivity contribution in [1.29, 1.82) is 0 Å². The molecule has 138 valence electrons. The van der Waals surface area contributed by atoms with Crippen LogP contribution in [0, 0.1) is 0 Å². The Hall–Kier alpha value is -1.99. The molecule has 1 heterocycles. The average molecular weight is 396 g/mol. The zero-order chi connectivity index (χ0) is 18.5. The van der Waals surface area contributed by atoms with E-state index in [2.05, 4.69) is 10.3 Å². The number of para-hydroxylation sites is 2. The zero-order valence-corrected chi connectivity index (χ0v) is 15.4. The first-order valence-corrected chi connectivity index (χ1v) is 8.90. The fourth-order valence-electron chi connectivity index (χ4n) is 2.60.